The third kappa shape index (κ3) is 10.2. The van der Waals surface area contributed by atoms with Crippen LogP contribution >= 0.6 is 23.2 Å². The molecule has 2 heterocycles. The van der Waals surface area contributed by atoms with Gasteiger partial charge in [0.15, 0.2) is 6.61 Å². The quantitative estimate of drug-likeness (QED) is 0.219. The number of primary amides is 1. The Balaban J connectivity index is 0.000000311. The number of halogens is 2. The second kappa shape index (κ2) is 13.9. The molecular formula is C18H12Cl2N8O3. The van der Waals surface area contributed by atoms with Crippen LogP contribution in [0.5, 0.6) is 0 Å². The first-order valence-corrected chi connectivity index (χ1v) is 8.73. The first kappa shape index (κ1) is 24.8. The molecule has 2 aromatic heterocycles. The average molecular weight is 459 g/mol. The number of carbonyl (C=O) groups excluding carboxylic acids is 1. The van der Waals surface area contributed by atoms with Crippen molar-refractivity contribution in [3.8, 4) is 12.1 Å². The molecule has 0 aliphatic carbocycles. The summed E-state index contributed by atoms with van der Waals surface area (Å²) in [5, 5.41) is 24.1. The molecule has 0 fully saturated rings. The molecule has 0 atom stereocenters. The smallest absolute Gasteiger partial charge is 0.390 e. The Hall–Kier alpha value is -4.24. The zero-order valence-corrected chi connectivity index (χ0v) is 17.1. The third-order valence-electron chi connectivity index (χ3n) is 2.89. The number of oxime groups is 2. The van der Waals surface area contributed by atoms with Gasteiger partial charge in [-0.1, -0.05) is 47.1 Å². The lowest BCUT2D eigenvalue weighted by molar-refractivity contribution is -0.112. The van der Waals surface area contributed by atoms with Gasteiger partial charge in [0.05, 0.1) is 5.16 Å². The maximum Gasteiger partial charge on any atom is 0.392 e. The molecule has 0 bridgehead atoms. The summed E-state index contributed by atoms with van der Waals surface area (Å²) in [5.74, 6) is -1.27. The number of pyridine rings is 2. The summed E-state index contributed by atoms with van der Waals surface area (Å²) in [6.07, 6.45) is 3.02. The largest absolute Gasteiger partial charge is 0.392 e. The summed E-state index contributed by atoms with van der Waals surface area (Å²) in [7, 11) is 0. The Bertz CT molecular complexity index is 1050. The molecule has 0 saturated carbocycles. The number of rotatable bonds is 7. The van der Waals surface area contributed by atoms with Crippen LogP contribution in [0.15, 0.2) is 47.0 Å². The highest BCUT2D eigenvalue weighted by Gasteiger charge is 2.05. The van der Waals surface area contributed by atoms with Crippen LogP contribution < -0.4 is 5.73 Å². The molecule has 13 heteroatoms. The molecule has 0 saturated heterocycles. The Kier molecular flexibility index (Phi) is 11.1. The van der Waals surface area contributed by atoms with Crippen molar-refractivity contribution in [1.29, 1.82) is 10.5 Å². The lowest BCUT2D eigenvalue weighted by Gasteiger charge is -1.99. The molecule has 0 aromatic carbocycles. The number of amides is 1. The number of hydrogen-bond acceptors (Lipinski definition) is 9. The molecule has 31 heavy (non-hydrogen) atoms. The van der Waals surface area contributed by atoms with E-state index in [4.69, 9.17) is 55.7 Å². The van der Waals surface area contributed by atoms with E-state index in [-0.39, 0.29) is 19.0 Å². The minimum atomic E-state index is -0.934. The topological polar surface area (TPSA) is 164 Å². The Morgan fingerprint density at radius 1 is 1.03 bits per heavy atom. The third-order valence-corrected chi connectivity index (χ3v) is 3.34. The van der Waals surface area contributed by atoms with E-state index in [1.807, 2.05) is 0 Å². The van der Waals surface area contributed by atoms with Crippen LogP contribution in [0, 0.1) is 29.2 Å². The van der Waals surface area contributed by atoms with Crippen molar-refractivity contribution < 1.29 is 14.5 Å². The minimum absolute atomic E-state index is 0.0721. The lowest BCUT2D eigenvalue weighted by atomic mass is 10.3. The summed E-state index contributed by atoms with van der Waals surface area (Å²) >= 11 is 11.2. The first-order chi connectivity index (χ1) is 14.9. The second-order valence-electron chi connectivity index (χ2n) is 5.08. The van der Waals surface area contributed by atoms with E-state index >= 15 is 0 Å². The lowest BCUT2D eigenvalue weighted by Crippen LogP contribution is -2.21. The Labute approximate surface area is 186 Å². The highest BCUT2D eigenvalue weighted by atomic mass is 35.5. The maximum absolute atomic E-state index is 10.6. The van der Waals surface area contributed by atoms with E-state index in [1.165, 1.54) is 18.5 Å². The highest BCUT2D eigenvalue weighted by Crippen LogP contribution is 2.07. The number of amidine groups is 1. The van der Waals surface area contributed by atoms with Crippen molar-refractivity contribution >= 4 is 40.7 Å². The van der Waals surface area contributed by atoms with Gasteiger partial charge in [0.2, 0.25) is 5.71 Å². The fourth-order valence-electron chi connectivity index (χ4n) is 1.51. The van der Waals surface area contributed by atoms with Gasteiger partial charge in [0.25, 0.3) is 5.91 Å². The molecular weight excluding hydrogens is 447 g/mol. The van der Waals surface area contributed by atoms with Crippen LogP contribution in [0.1, 0.15) is 11.1 Å². The van der Waals surface area contributed by atoms with E-state index in [0.29, 0.717) is 15.9 Å². The highest BCUT2D eigenvalue weighted by molar-refractivity contribution is 6.44. The van der Waals surface area contributed by atoms with E-state index < -0.39 is 11.6 Å². The Morgan fingerprint density at radius 2 is 1.55 bits per heavy atom. The van der Waals surface area contributed by atoms with Gasteiger partial charge in [-0.05, 0) is 12.1 Å². The van der Waals surface area contributed by atoms with Crippen molar-refractivity contribution in [2.75, 3.05) is 0 Å². The zero-order chi connectivity index (χ0) is 23.1. The van der Waals surface area contributed by atoms with E-state index in [9.17, 15) is 4.79 Å². The van der Waals surface area contributed by atoms with Crippen LogP contribution in [-0.2, 0) is 27.7 Å². The molecule has 0 aliphatic rings. The molecule has 2 rings (SSSR count). The molecule has 0 aliphatic heterocycles. The predicted molar refractivity (Wildman–Crippen MR) is 110 cm³/mol. The van der Waals surface area contributed by atoms with Gasteiger partial charge in [-0.3, -0.25) is 4.79 Å². The zero-order valence-electron chi connectivity index (χ0n) is 15.6. The van der Waals surface area contributed by atoms with Crippen molar-refractivity contribution in [3.63, 3.8) is 0 Å². The summed E-state index contributed by atoms with van der Waals surface area (Å²) in [6, 6.07) is 9.69. The van der Waals surface area contributed by atoms with Gasteiger partial charge >= 0.3 is 5.84 Å². The van der Waals surface area contributed by atoms with Crippen molar-refractivity contribution in [2.24, 2.45) is 16.0 Å². The number of nitrogens with zero attached hydrogens (tertiary/aromatic N) is 7. The molecule has 1 amide bonds. The number of nitrogens with two attached hydrogens (primary N) is 1. The number of nitriles is 2. The predicted octanol–water partition coefficient (Wildman–Crippen LogP) is 2.62. The summed E-state index contributed by atoms with van der Waals surface area (Å²) in [4.78, 5) is 30.6. The van der Waals surface area contributed by atoms with Gasteiger partial charge in [0.1, 0.15) is 29.1 Å². The van der Waals surface area contributed by atoms with Gasteiger partial charge in [-0.2, -0.15) is 5.26 Å². The fourth-order valence-corrected chi connectivity index (χ4v) is 1.73. The standard InChI is InChI=1S/C9H7ClN4O2.C9H5ClN4O/c10-8-2-1-6(4-13-8)5-16-14-7(3-11)9(12)15;1-12-9(4-11)14-15-6-7-2-3-8(10)13-5-7/h1-2,4H,5H2,(H2,12,15);2-3,5H,6H2/b;14-9-. The van der Waals surface area contributed by atoms with Crippen LogP contribution in [0.4, 0.5) is 0 Å². The monoisotopic (exact) mass is 458 g/mol. The Morgan fingerprint density at radius 3 is 1.90 bits per heavy atom. The number of hydrogen-bond donors (Lipinski definition) is 1. The van der Waals surface area contributed by atoms with Crippen LogP contribution in [0.2, 0.25) is 10.3 Å². The first-order valence-electron chi connectivity index (χ1n) is 7.97. The van der Waals surface area contributed by atoms with Crippen LogP contribution in [0.25, 0.3) is 4.85 Å². The summed E-state index contributed by atoms with van der Waals surface area (Å²) < 4.78 is 0. The maximum atomic E-state index is 10.6. The normalized spacial score (nSPS) is 10.4. The summed E-state index contributed by atoms with van der Waals surface area (Å²) in [6.45, 7) is 6.75. The number of carbonyl (C=O) groups is 1. The van der Waals surface area contributed by atoms with Gasteiger partial charge < -0.3 is 20.3 Å². The van der Waals surface area contributed by atoms with Crippen molar-refractivity contribution in [3.05, 3.63) is 69.5 Å². The van der Waals surface area contributed by atoms with E-state index in [1.54, 1.807) is 30.3 Å². The molecule has 0 unspecified atom stereocenters. The van der Waals surface area contributed by atoms with E-state index in [0.717, 1.165) is 5.56 Å². The number of aromatic nitrogens is 2. The fraction of sp³-hybridized carbons (Fsp3) is 0.111. The minimum Gasteiger partial charge on any atom is -0.390 e. The molecule has 0 spiro atoms. The van der Waals surface area contributed by atoms with Crippen molar-refractivity contribution in [1.82, 2.24) is 9.97 Å². The van der Waals surface area contributed by atoms with Crippen LogP contribution in [0.3, 0.4) is 0 Å². The summed E-state index contributed by atoms with van der Waals surface area (Å²) in [5.41, 5.74) is 5.82. The average Bonchev–Trinajstić information content (AvgIpc) is 2.77. The van der Waals surface area contributed by atoms with Gasteiger partial charge in [-0.25, -0.2) is 15.2 Å². The van der Waals surface area contributed by atoms with E-state index in [2.05, 4.69) is 25.1 Å². The van der Waals surface area contributed by atoms with Gasteiger partial charge in [-0.15, -0.1) is 0 Å². The molecule has 156 valence electrons. The SMILES string of the molecule is N#CC(=NOCc1ccc(Cl)nc1)C(N)=O.[C-]#[N+]/C(C#N)=N\OCc1ccc(Cl)nc1. The second-order valence-corrected chi connectivity index (χ2v) is 5.85. The molecule has 2 aromatic rings. The van der Waals surface area contributed by atoms with Crippen molar-refractivity contribution in [2.45, 2.75) is 13.2 Å². The molecule has 0 radical (unpaired) electrons. The van der Waals surface area contributed by atoms with Gasteiger partial charge in [0, 0.05) is 23.5 Å². The molecule has 2 N–H and O–H groups in total. The van der Waals surface area contributed by atoms with Crippen LogP contribution in [-0.4, -0.2) is 27.4 Å². The molecule has 11 nitrogen and oxygen atoms in total.